The zero-order chi connectivity index (χ0) is 18.2. The molecule has 8 heteroatoms. The summed E-state index contributed by atoms with van der Waals surface area (Å²) in [5.74, 6) is 1.78. The van der Waals surface area contributed by atoms with Gasteiger partial charge in [-0.05, 0) is 12.5 Å². The van der Waals surface area contributed by atoms with Gasteiger partial charge in [0.1, 0.15) is 10.8 Å². The van der Waals surface area contributed by atoms with E-state index in [1.165, 1.54) is 4.88 Å². The number of hydrogen-bond donors (Lipinski definition) is 2. The molecule has 2 aromatic rings. The minimum Gasteiger partial charge on any atom is -0.378 e. The number of rotatable bonds is 6. The maximum atomic E-state index is 5.44. The molecule has 0 aliphatic carbocycles. The van der Waals surface area contributed by atoms with Crippen molar-refractivity contribution in [1.29, 1.82) is 0 Å². The number of aromatic nitrogens is 2. The Morgan fingerprint density at radius 1 is 1.27 bits per heavy atom. The fourth-order valence-electron chi connectivity index (χ4n) is 2.78. The second-order valence-corrected chi connectivity index (χ2v) is 7.14. The quantitative estimate of drug-likeness (QED) is 0.593. The standard InChI is InChI=1S/C18H26N6OS/c1-3-15-12-21-16(26-15)13-23-18(19-2)22-11-14-5-4-6-20-17(14)24-7-9-25-10-8-24/h4-6,12H,3,7-11,13H2,1-2H3,(H2,19,22,23). The van der Waals surface area contributed by atoms with Gasteiger partial charge in [-0.3, -0.25) is 4.99 Å². The van der Waals surface area contributed by atoms with Gasteiger partial charge in [0.05, 0.1) is 19.8 Å². The van der Waals surface area contributed by atoms with Crippen molar-refractivity contribution in [3.63, 3.8) is 0 Å². The molecule has 7 nitrogen and oxygen atoms in total. The molecule has 3 rings (SSSR count). The molecule has 3 heterocycles. The van der Waals surface area contributed by atoms with Gasteiger partial charge < -0.3 is 20.3 Å². The summed E-state index contributed by atoms with van der Waals surface area (Å²) < 4.78 is 5.44. The molecular weight excluding hydrogens is 348 g/mol. The number of ether oxygens (including phenoxy) is 1. The van der Waals surface area contributed by atoms with Gasteiger partial charge in [0, 0.05) is 49.5 Å². The van der Waals surface area contributed by atoms with Gasteiger partial charge >= 0.3 is 0 Å². The van der Waals surface area contributed by atoms with Crippen molar-refractivity contribution >= 4 is 23.1 Å². The van der Waals surface area contributed by atoms with Crippen LogP contribution in [0.3, 0.4) is 0 Å². The monoisotopic (exact) mass is 374 g/mol. The normalized spacial score (nSPS) is 15.2. The highest BCUT2D eigenvalue weighted by Crippen LogP contribution is 2.18. The lowest BCUT2D eigenvalue weighted by Crippen LogP contribution is -2.39. The average Bonchev–Trinajstić information content (AvgIpc) is 3.17. The smallest absolute Gasteiger partial charge is 0.191 e. The predicted molar refractivity (Wildman–Crippen MR) is 106 cm³/mol. The number of nitrogens with one attached hydrogen (secondary N) is 2. The summed E-state index contributed by atoms with van der Waals surface area (Å²) in [5.41, 5.74) is 1.15. The van der Waals surface area contributed by atoms with Crippen LogP contribution in [0.15, 0.2) is 29.5 Å². The van der Waals surface area contributed by atoms with E-state index in [4.69, 9.17) is 4.74 Å². The Labute approximate surface area is 158 Å². The zero-order valence-electron chi connectivity index (χ0n) is 15.4. The number of hydrogen-bond acceptors (Lipinski definition) is 6. The molecule has 26 heavy (non-hydrogen) atoms. The second-order valence-electron chi connectivity index (χ2n) is 5.94. The summed E-state index contributed by atoms with van der Waals surface area (Å²) in [6.07, 6.45) is 4.81. The topological polar surface area (TPSA) is 74.7 Å². The van der Waals surface area contributed by atoms with E-state index in [9.17, 15) is 0 Å². The Morgan fingerprint density at radius 3 is 2.81 bits per heavy atom. The van der Waals surface area contributed by atoms with Crippen molar-refractivity contribution in [3.8, 4) is 0 Å². The molecule has 0 unspecified atom stereocenters. The summed E-state index contributed by atoms with van der Waals surface area (Å²) >= 11 is 1.74. The number of thiazole rings is 1. The molecule has 1 aliphatic rings. The van der Waals surface area contributed by atoms with Crippen molar-refractivity contribution in [2.45, 2.75) is 26.4 Å². The highest BCUT2D eigenvalue weighted by Gasteiger charge is 2.15. The van der Waals surface area contributed by atoms with Crippen LogP contribution in [-0.2, 0) is 24.2 Å². The molecule has 0 radical (unpaired) electrons. The van der Waals surface area contributed by atoms with Crippen LogP contribution >= 0.6 is 11.3 Å². The summed E-state index contributed by atoms with van der Waals surface area (Å²) in [4.78, 5) is 16.9. The number of pyridine rings is 1. The van der Waals surface area contributed by atoms with E-state index < -0.39 is 0 Å². The summed E-state index contributed by atoms with van der Waals surface area (Å²) in [6.45, 7) is 6.74. The van der Waals surface area contributed by atoms with Crippen LogP contribution in [0.25, 0.3) is 0 Å². The number of aliphatic imine (C=N–C) groups is 1. The lowest BCUT2D eigenvalue weighted by molar-refractivity contribution is 0.122. The van der Waals surface area contributed by atoms with Crippen LogP contribution in [0, 0.1) is 0 Å². The molecule has 0 bridgehead atoms. The van der Waals surface area contributed by atoms with Crippen LogP contribution in [0.5, 0.6) is 0 Å². The first-order valence-electron chi connectivity index (χ1n) is 8.94. The number of anilines is 1. The largest absolute Gasteiger partial charge is 0.378 e. The third kappa shape index (κ3) is 4.92. The Morgan fingerprint density at radius 2 is 2.08 bits per heavy atom. The van der Waals surface area contributed by atoms with E-state index in [1.54, 1.807) is 18.4 Å². The van der Waals surface area contributed by atoms with E-state index in [-0.39, 0.29) is 0 Å². The molecule has 0 saturated carbocycles. The van der Waals surface area contributed by atoms with Crippen LogP contribution < -0.4 is 15.5 Å². The summed E-state index contributed by atoms with van der Waals surface area (Å²) in [6, 6.07) is 4.07. The first kappa shape index (κ1) is 18.6. The van der Waals surface area contributed by atoms with Crippen LogP contribution in [0.2, 0.25) is 0 Å². The third-order valence-electron chi connectivity index (χ3n) is 4.20. The van der Waals surface area contributed by atoms with Gasteiger partial charge in [0.2, 0.25) is 0 Å². The minimum absolute atomic E-state index is 0.665. The van der Waals surface area contributed by atoms with Gasteiger partial charge in [-0.25, -0.2) is 9.97 Å². The van der Waals surface area contributed by atoms with Crippen LogP contribution in [-0.4, -0.2) is 49.3 Å². The average molecular weight is 375 g/mol. The SMILES string of the molecule is CCc1cnc(CNC(=NC)NCc2cccnc2N2CCOCC2)s1. The van der Waals surface area contributed by atoms with Crippen molar-refractivity contribution in [2.24, 2.45) is 4.99 Å². The fourth-order valence-corrected chi connectivity index (χ4v) is 3.58. The van der Waals surface area contributed by atoms with Gasteiger partial charge in [-0.2, -0.15) is 0 Å². The first-order valence-corrected chi connectivity index (χ1v) is 9.76. The number of nitrogens with zero attached hydrogens (tertiary/aromatic N) is 4. The van der Waals surface area contributed by atoms with E-state index in [0.29, 0.717) is 13.1 Å². The molecule has 140 valence electrons. The molecule has 0 atom stereocenters. The second kappa shape index (κ2) is 9.49. The highest BCUT2D eigenvalue weighted by molar-refractivity contribution is 7.11. The lowest BCUT2D eigenvalue weighted by Gasteiger charge is -2.29. The Balaban J connectivity index is 1.56. The molecule has 0 spiro atoms. The molecule has 2 aromatic heterocycles. The molecule has 1 aliphatic heterocycles. The van der Waals surface area contributed by atoms with E-state index in [0.717, 1.165) is 55.1 Å². The third-order valence-corrected chi connectivity index (χ3v) is 5.35. The van der Waals surface area contributed by atoms with Gasteiger partial charge in [0.15, 0.2) is 5.96 Å². The lowest BCUT2D eigenvalue weighted by atomic mass is 10.2. The van der Waals surface area contributed by atoms with Crippen molar-refractivity contribution in [3.05, 3.63) is 40.0 Å². The van der Waals surface area contributed by atoms with E-state index >= 15 is 0 Å². The van der Waals surface area contributed by atoms with Crippen molar-refractivity contribution in [2.75, 3.05) is 38.3 Å². The number of morpholine rings is 1. The molecule has 1 saturated heterocycles. The van der Waals surface area contributed by atoms with Gasteiger partial charge in [-0.1, -0.05) is 13.0 Å². The number of guanidine groups is 1. The maximum absolute atomic E-state index is 5.44. The van der Waals surface area contributed by atoms with Gasteiger partial charge in [-0.15, -0.1) is 11.3 Å². The van der Waals surface area contributed by atoms with E-state index in [2.05, 4.69) is 43.5 Å². The van der Waals surface area contributed by atoms with Crippen molar-refractivity contribution in [1.82, 2.24) is 20.6 Å². The van der Waals surface area contributed by atoms with Gasteiger partial charge in [0.25, 0.3) is 0 Å². The highest BCUT2D eigenvalue weighted by atomic mass is 32.1. The number of aryl methyl sites for hydroxylation is 1. The van der Waals surface area contributed by atoms with Crippen molar-refractivity contribution < 1.29 is 4.74 Å². The molecule has 0 amide bonds. The maximum Gasteiger partial charge on any atom is 0.191 e. The zero-order valence-corrected chi connectivity index (χ0v) is 16.2. The van der Waals surface area contributed by atoms with E-state index in [1.807, 2.05) is 18.5 Å². The molecule has 2 N–H and O–H groups in total. The predicted octanol–water partition coefficient (Wildman–Crippen LogP) is 1.80. The first-order chi connectivity index (χ1) is 12.8. The van der Waals surface area contributed by atoms with Crippen LogP contribution in [0.4, 0.5) is 5.82 Å². The summed E-state index contributed by atoms with van der Waals surface area (Å²) in [5, 5.41) is 7.77. The minimum atomic E-state index is 0.665. The Bertz CT molecular complexity index is 726. The van der Waals surface area contributed by atoms with Crippen LogP contribution in [0.1, 0.15) is 22.4 Å². The molecule has 0 aromatic carbocycles. The Hall–Kier alpha value is -2.19. The molecule has 1 fully saturated rings. The fraction of sp³-hybridized carbons (Fsp3) is 0.500. The summed E-state index contributed by atoms with van der Waals surface area (Å²) in [7, 11) is 1.78. The molecular formula is C18H26N6OS. The Kier molecular flexibility index (Phi) is 6.79.